The largest absolute Gasteiger partial charge is 0.497 e. The Kier molecular flexibility index (Phi) is 2.49. The third-order valence-corrected chi connectivity index (χ3v) is 6.47. The van der Waals surface area contributed by atoms with Crippen LogP contribution < -0.4 is 9.47 Å². The van der Waals surface area contributed by atoms with Crippen molar-refractivity contribution in [3.63, 3.8) is 0 Å². The van der Waals surface area contributed by atoms with Crippen molar-refractivity contribution in [3.8, 4) is 11.5 Å². The van der Waals surface area contributed by atoms with Crippen LogP contribution in [0.3, 0.4) is 0 Å². The number of ketones is 1. The van der Waals surface area contributed by atoms with Gasteiger partial charge in [-0.15, -0.1) is 0 Å². The van der Waals surface area contributed by atoms with Crippen LogP contribution in [0.5, 0.6) is 11.5 Å². The van der Waals surface area contributed by atoms with Gasteiger partial charge in [0, 0.05) is 36.1 Å². The van der Waals surface area contributed by atoms with Gasteiger partial charge in [-0.2, -0.15) is 0 Å². The minimum absolute atomic E-state index is 0.172. The molecule has 2 fully saturated rings. The van der Waals surface area contributed by atoms with E-state index in [1.54, 1.807) is 7.11 Å². The van der Waals surface area contributed by atoms with Crippen molar-refractivity contribution in [2.24, 2.45) is 5.92 Å². The molecule has 0 radical (unpaired) electrons. The Hall–Kier alpha value is -2.04. The third-order valence-electron chi connectivity index (χ3n) is 6.47. The highest BCUT2D eigenvalue weighted by Crippen LogP contribution is 2.61. The Morgan fingerprint density at radius 3 is 3.09 bits per heavy atom. The molecule has 0 N–H and O–H groups in total. The number of piperidine rings is 1. The zero-order valence-corrected chi connectivity index (χ0v) is 13.1. The quantitative estimate of drug-likeness (QED) is 0.776. The zero-order valence-electron chi connectivity index (χ0n) is 13.1. The summed E-state index contributed by atoms with van der Waals surface area (Å²) < 4.78 is 11.6. The number of rotatable bonds is 2. The molecule has 5 rings (SSSR count). The van der Waals surface area contributed by atoms with Crippen molar-refractivity contribution in [3.05, 3.63) is 23.3 Å². The maximum atomic E-state index is 12.6. The van der Waals surface area contributed by atoms with E-state index in [9.17, 15) is 9.59 Å². The van der Waals surface area contributed by atoms with Crippen LogP contribution in [-0.2, 0) is 21.4 Å². The van der Waals surface area contributed by atoms with Crippen molar-refractivity contribution in [1.82, 2.24) is 4.90 Å². The van der Waals surface area contributed by atoms with Gasteiger partial charge in [0.15, 0.2) is 11.9 Å². The van der Waals surface area contributed by atoms with Crippen molar-refractivity contribution in [1.29, 1.82) is 0 Å². The molecule has 4 atom stereocenters. The molecule has 1 spiro atoms. The fourth-order valence-corrected chi connectivity index (χ4v) is 5.63. The van der Waals surface area contributed by atoms with Gasteiger partial charge in [0.2, 0.25) is 6.41 Å². The van der Waals surface area contributed by atoms with Crippen LogP contribution in [0, 0.1) is 5.92 Å². The van der Waals surface area contributed by atoms with Crippen LogP contribution in [-0.4, -0.2) is 42.9 Å². The first-order valence-corrected chi connectivity index (χ1v) is 8.31. The number of benzene rings is 1. The van der Waals surface area contributed by atoms with Gasteiger partial charge in [-0.05, 0) is 36.8 Å². The van der Waals surface area contributed by atoms with Gasteiger partial charge in [-0.3, -0.25) is 9.59 Å². The summed E-state index contributed by atoms with van der Waals surface area (Å²) in [7, 11) is 1.64. The predicted octanol–water partition coefficient (Wildman–Crippen LogP) is 1.46. The lowest BCUT2D eigenvalue weighted by atomic mass is 9.52. The maximum absolute atomic E-state index is 12.6. The Bertz CT molecular complexity index is 730. The van der Waals surface area contributed by atoms with E-state index in [-0.39, 0.29) is 23.3 Å². The highest BCUT2D eigenvalue weighted by atomic mass is 16.5. The summed E-state index contributed by atoms with van der Waals surface area (Å²) in [5.74, 6) is 2.12. The van der Waals surface area contributed by atoms with Gasteiger partial charge in [-0.25, -0.2) is 0 Å². The Balaban J connectivity index is 1.78. The summed E-state index contributed by atoms with van der Waals surface area (Å²) >= 11 is 0. The van der Waals surface area contributed by atoms with Crippen LogP contribution in [0.15, 0.2) is 12.1 Å². The average Bonchev–Trinajstić information content (AvgIpc) is 2.89. The lowest BCUT2D eigenvalue weighted by Crippen LogP contribution is -2.65. The molecule has 2 aliphatic heterocycles. The molecule has 1 aromatic carbocycles. The van der Waals surface area contributed by atoms with Gasteiger partial charge < -0.3 is 14.4 Å². The first kappa shape index (κ1) is 13.4. The normalized spacial score (nSPS) is 36.3. The summed E-state index contributed by atoms with van der Waals surface area (Å²) in [5, 5.41) is 0. The molecule has 23 heavy (non-hydrogen) atoms. The maximum Gasteiger partial charge on any atom is 0.209 e. The van der Waals surface area contributed by atoms with Crippen LogP contribution in [0.4, 0.5) is 0 Å². The second kappa shape index (κ2) is 4.28. The molecule has 5 heteroatoms. The van der Waals surface area contributed by atoms with E-state index in [4.69, 9.17) is 9.47 Å². The second-order valence-electron chi connectivity index (χ2n) is 7.17. The van der Waals surface area contributed by atoms with Gasteiger partial charge in [0.05, 0.1) is 7.11 Å². The molecule has 2 aliphatic carbocycles. The summed E-state index contributed by atoms with van der Waals surface area (Å²) in [5.41, 5.74) is 2.18. The van der Waals surface area contributed by atoms with Crippen LogP contribution in [0.1, 0.15) is 30.4 Å². The van der Waals surface area contributed by atoms with E-state index in [1.165, 1.54) is 11.1 Å². The number of hydrogen-bond acceptors (Lipinski definition) is 4. The fraction of sp³-hybridized carbons (Fsp3) is 0.556. The highest BCUT2D eigenvalue weighted by molar-refractivity contribution is 5.89. The molecule has 1 saturated carbocycles. The summed E-state index contributed by atoms with van der Waals surface area (Å²) in [6.45, 7) is 0.711. The molecule has 3 unspecified atom stereocenters. The SMILES string of the molecule is COc1cc2c3c(c1)O[C@H]1C(=O)CCC4C(C2)N(C=O)CCC341. The molecular weight excluding hydrogens is 294 g/mol. The van der Waals surface area contributed by atoms with Crippen LogP contribution in [0.25, 0.3) is 0 Å². The van der Waals surface area contributed by atoms with Crippen molar-refractivity contribution in [2.45, 2.75) is 43.2 Å². The zero-order chi connectivity index (χ0) is 15.8. The van der Waals surface area contributed by atoms with Crippen LogP contribution >= 0.6 is 0 Å². The van der Waals surface area contributed by atoms with Crippen LogP contribution in [0.2, 0.25) is 0 Å². The number of likely N-dealkylation sites (tertiary alicyclic amines) is 1. The van der Waals surface area contributed by atoms with E-state index in [2.05, 4.69) is 6.07 Å². The van der Waals surface area contributed by atoms with Gasteiger partial charge in [-0.1, -0.05) is 0 Å². The Morgan fingerprint density at radius 2 is 2.30 bits per heavy atom. The molecule has 120 valence electrons. The number of methoxy groups -OCH3 is 1. The van der Waals surface area contributed by atoms with Gasteiger partial charge in [0.1, 0.15) is 11.5 Å². The number of hydrogen-bond donors (Lipinski definition) is 0. The van der Waals surface area contributed by atoms with E-state index in [0.29, 0.717) is 18.9 Å². The third kappa shape index (κ3) is 1.44. The van der Waals surface area contributed by atoms with Crippen molar-refractivity contribution in [2.75, 3.05) is 13.7 Å². The Morgan fingerprint density at radius 1 is 1.43 bits per heavy atom. The summed E-state index contributed by atoms with van der Waals surface area (Å²) in [6.07, 6.45) is 3.66. The molecule has 2 bridgehead atoms. The summed E-state index contributed by atoms with van der Waals surface area (Å²) in [4.78, 5) is 26.0. The van der Waals surface area contributed by atoms with E-state index < -0.39 is 0 Å². The average molecular weight is 313 g/mol. The number of ether oxygens (including phenoxy) is 2. The number of carbonyl (C=O) groups excluding carboxylic acids is 2. The number of nitrogens with zero attached hydrogens (tertiary/aromatic N) is 1. The van der Waals surface area contributed by atoms with E-state index in [0.717, 1.165) is 37.2 Å². The molecule has 1 amide bonds. The molecule has 1 saturated heterocycles. The van der Waals surface area contributed by atoms with Gasteiger partial charge in [0.25, 0.3) is 0 Å². The first-order valence-electron chi connectivity index (χ1n) is 8.31. The second-order valence-corrected chi connectivity index (χ2v) is 7.17. The monoisotopic (exact) mass is 313 g/mol. The summed E-state index contributed by atoms with van der Waals surface area (Å²) in [6, 6.07) is 4.15. The molecule has 1 aromatic rings. The molecule has 0 aromatic heterocycles. The highest BCUT2D eigenvalue weighted by Gasteiger charge is 2.65. The minimum atomic E-state index is -0.376. The number of Topliss-reactive ketones (excluding diaryl/α,β-unsaturated/α-hetero) is 1. The predicted molar refractivity (Wildman–Crippen MR) is 81.7 cm³/mol. The van der Waals surface area contributed by atoms with E-state index >= 15 is 0 Å². The smallest absolute Gasteiger partial charge is 0.209 e. The molecule has 4 aliphatic rings. The topological polar surface area (TPSA) is 55.8 Å². The van der Waals surface area contributed by atoms with Gasteiger partial charge >= 0.3 is 0 Å². The fourth-order valence-electron chi connectivity index (χ4n) is 5.63. The molecular formula is C18H19NO4. The minimum Gasteiger partial charge on any atom is -0.497 e. The van der Waals surface area contributed by atoms with Crippen molar-refractivity contribution >= 4 is 12.2 Å². The molecule has 5 nitrogen and oxygen atoms in total. The number of amides is 1. The standard InChI is InChI=1S/C18H19NO4/c1-22-11-6-10-7-13-12-2-3-14(21)17-18(12,4-5-19(13)9-20)16(10)15(8-11)23-17/h6,8-9,12-13,17H,2-5,7H2,1H3/t12?,13?,17-,18?/m0/s1. The lowest BCUT2D eigenvalue weighted by molar-refractivity contribution is -0.141. The molecule has 2 heterocycles. The van der Waals surface area contributed by atoms with Crippen molar-refractivity contribution < 1.29 is 19.1 Å². The number of carbonyl (C=O) groups is 2. The van der Waals surface area contributed by atoms with E-state index in [1.807, 2.05) is 11.0 Å². The Labute approximate surface area is 134 Å². The first-order chi connectivity index (χ1) is 11.2. The lowest BCUT2D eigenvalue weighted by Gasteiger charge is -2.56.